The van der Waals surface area contributed by atoms with Crippen LogP contribution in [0.1, 0.15) is 100 Å². The number of alkyl halides is 3. The number of rotatable bonds is 7. The Morgan fingerprint density at radius 2 is 1.40 bits per heavy atom. The fourth-order valence-electron chi connectivity index (χ4n) is 6.13. The molecule has 0 saturated heterocycles. The van der Waals surface area contributed by atoms with Crippen molar-refractivity contribution in [3.8, 4) is 17.6 Å². The smallest absolute Gasteiger partial charge is 0.406 e. The molecule has 0 radical (unpaired) electrons. The first-order valence-electron chi connectivity index (χ1n) is 13.4. The SMILES string of the molecule is CCCCCCC1CC[C@@H]2C[C@H](c3ccc(C#Cc4ccc(OC(F)(F)F)cc4)cc3)CC[C@@H]2C1. The van der Waals surface area contributed by atoms with Crippen LogP contribution in [0.15, 0.2) is 48.5 Å². The maximum absolute atomic E-state index is 12.3. The molecule has 0 aromatic heterocycles. The predicted octanol–water partition coefficient (Wildman–Crippen LogP) is 9.26. The molecule has 1 unspecified atom stereocenters. The lowest BCUT2D eigenvalue weighted by molar-refractivity contribution is -0.274. The second-order valence-electron chi connectivity index (χ2n) is 10.5. The molecule has 4 rings (SSSR count). The summed E-state index contributed by atoms with van der Waals surface area (Å²) in [6.07, 6.45) is 10.6. The standard InChI is InChI=1S/C31H37F3O/c1-2-3-4-5-6-25-11-16-29-22-28(18-17-27(29)21-25)26-14-9-23(10-15-26)7-8-24-12-19-30(20-13-24)35-31(32,33)34/h9-10,12-15,19-20,25,27-29H,2-6,11,16-18,21-22H2,1H3/t25?,27-,28-,29-/m1/s1. The van der Waals surface area contributed by atoms with Gasteiger partial charge in [0.15, 0.2) is 0 Å². The normalized spacial score (nSPS) is 24.2. The van der Waals surface area contributed by atoms with Crippen LogP contribution >= 0.6 is 0 Å². The Labute approximate surface area is 208 Å². The van der Waals surface area contributed by atoms with Gasteiger partial charge in [0, 0.05) is 11.1 Å². The Morgan fingerprint density at radius 3 is 2.06 bits per heavy atom. The van der Waals surface area contributed by atoms with Crippen LogP contribution in [0.4, 0.5) is 13.2 Å². The zero-order valence-electron chi connectivity index (χ0n) is 20.7. The monoisotopic (exact) mass is 482 g/mol. The summed E-state index contributed by atoms with van der Waals surface area (Å²) in [6, 6.07) is 14.2. The van der Waals surface area contributed by atoms with Gasteiger partial charge >= 0.3 is 6.36 Å². The lowest BCUT2D eigenvalue weighted by Gasteiger charge is -2.42. The highest BCUT2D eigenvalue weighted by Gasteiger charge is 2.35. The molecule has 0 bridgehead atoms. The number of ether oxygens (including phenoxy) is 1. The van der Waals surface area contributed by atoms with Gasteiger partial charge in [0.2, 0.25) is 0 Å². The van der Waals surface area contributed by atoms with Crippen molar-refractivity contribution in [1.82, 2.24) is 0 Å². The highest BCUT2D eigenvalue weighted by molar-refractivity contribution is 5.45. The molecule has 2 aromatic carbocycles. The van der Waals surface area contributed by atoms with E-state index in [0.29, 0.717) is 11.5 Å². The molecule has 2 fully saturated rings. The van der Waals surface area contributed by atoms with Crippen molar-refractivity contribution >= 4 is 0 Å². The topological polar surface area (TPSA) is 9.23 Å². The summed E-state index contributed by atoms with van der Waals surface area (Å²) >= 11 is 0. The molecule has 0 heterocycles. The molecule has 4 atom stereocenters. The zero-order chi connectivity index (χ0) is 24.7. The maximum atomic E-state index is 12.3. The summed E-state index contributed by atoms with van der Waals surface area (Å²) in [4.78, 5) is 0. The van der Waals surface area contributed by atoms with E-state index in [-0.39, 0.29) is 5.75 Å². The Balaban J connectivity index is 1.27. The van der Waals surface area contributed by atoms with Gasteiger partial charge in [0.1, 0.15) is 5.75 Å². The van der Waals surface area contributed by atoms with Gasteiger partial charge in [-0.15, -0.1) is 13.2 Å². The van der Waals surface area contributed by atoms with E-state index in [9.17, 15) is 13.2 Å². The molecule has 0 spiro atoms. The van der Waals surface area contributed by atoms with Gasteiger partial charge in [-0.25, -0.2) is 0 Å². The van der Waals surface area contributed by atoms with Crippen molar-refractivity contribution in [1.29, 1.82) is 0 Å². The van der Waals surface area contributed by atoms with E-state index in [1.54, 1.807) is 12.1 Å². The van der Waals surface area contributed by atoms with Crippen LogP contribution in [0.2, 0.25) is 0 Å². The van der Waals surface area contributed by atoms with E-state index < -0.39 is 6.36 Å². The van der Waals surface area contributed by atoms with Crippen molar-refractivity contribution in [3.63, 3.8) is 0 Å². The summed E-state index contributed by atoms with van der Waals surface area (Å²) < 4.78 is 40.8. The first-order chi connectivity index (χ1) is 16.9. The Morgan fingerprint density at radius 1 is 0.771 bits per heavy atom. The third-order valence-corrected chi connectivity index (χ3v) is 8.01. The molecule has 2 saturated carbocycles. The van der Waals surface area contributed by atoms with Gasteiger partial charge < -0.3 is 4.74 Å². The number of unbranched alkanes of at least 4 members (excludes halogenated alkanes) is 3. The molecular formula is C31H37F3O. The Hall–Kier alpha value is -2.41. The number of benzene rings is 2. The fourth-order valence-corrected chi connectivity index (χ4v) is 6.13. The quantitative estimate of drug-likeness (QED) is 0.282. The Kier molecular flexibility index (Phi) is 8.82. The highest BCUT2D eigenvalue weighted by Crippen LogP contribution is 2.48. The van der Waals surface area contributed by atoms with Gasteiger partial charge in [0.25, 0.3) is 0 Å². The van der Waals surface area contributed by atoms with Gasteiger partial charge in [-0.3, -0.25) is 0 Å². The molecule has 2 aromatic rings. The maximum Gasteiger partial charge on any atom is 0.573 e. The Bertz CT molecular complexity index is 981. The lowest BCUT2D eigenvalue weighted by atomic mass is 9.63. The zero-order valence-corrected chi connectivity index (χ0v) is 20.7. The number of hydrogen-bond acceptors (Lipinski definition) is 1. The van der Waals surface area contributed by atoms with Crippen LogP contribution in [-0.2, 0) is 0 Å². The van der Waals surface area contributed by atoms with Crippen molar-refractivity contribution in [2.75, 3.05) is 0 Å². The number of fused-ring (bicyclic) bond motifs is 1. The van der Waals surface area contributed by atoms with E-state index in [0.717, 1.165) is 23.3 Å². The summed E-state index contributed by atoms with van der Waals surface area (Å²) in [5.74, 6) is 9.37. The van der Waals surface area contributed by atoms with Crippen molar-refractivity contribution in [2.45, 2.75) is 89.8 Å². The minimum Gasteiger partial charge on any atom is -0.406 e. The molecule has 0 N–H and O–H groups in total. The minimum absolute atomic E-state index is 0.234. The predicted molar refractivity (Wildman–Crippen MR) is 135 cm³/mol. The molecule has 35 heavy (non-hydrogen) atoms. The van der Waals surface area contributed by atoms with Gasteiger partial charge in [-0.05, 0) is 97.7 Å². The molecule has 2 aliphatic rings. The van der Waals surface area contributed by atoms with Crippen LogP contribution in [-0.4, -0.2) is 6.36 Å². The number of halogens is 3. The van der Waals surface area contributed by atoms with Gasteiger partial charge in [-0.1, -0.05) is 69.4 Å². The highest BCUT2D eigenvalue weighted by atomic mass is 19.4. The van der Waals surface area contributed by atoms with Gasteiger partial charge in [0.05, 0.1) is 0 Å². The number of hydrogen-bond donors (Lipinski definition) is 0. The molecule has 2 aliphatic carbocycles. The average Bonchev–Trinajstić information content (AvgIpc) is 2.85. The first-order valence-corrected chi connectivity index (χ1v) is 13.4. The van der Waals surface area contributed by atoms with Gasteiger partial charge in [-0.2, -0.15) is 0 Å². The van der Waals surface area contributed by atoms with E-state index in [4.69, 9.17) is 0 Å². The molecule has 0 amide bonds. The summed E-state index contributed by atoms with van der Waals surface area (Å²) in [5, 5.41) is 0. The summed E-state index contributed by atoms with van der Waals surface area (Å²) in [7, 11) is 0. The third kappa shape index (κ3) is 7.79. The molecule has 188 valence electrons. The second-order valence-corrected chi connectivity index (χ2v) is 10.5. The van der Waals surface area contributed by atoms with Crippen LogP contribution in [0.25, 0.3) is 0 Å². The van der Waals surface area contributed by atoms with E-state index >= 15 is 0 Å². The van der Waals surface area contributed by atoms with Crippen molar-refractivity contribution in [2.24, 2.45) is 17.8 Å². The molecule has 4 heteroatoms. The van der Waals surface area contributed by atoms with Crippen molar-refractivity contribution < 1.29 is 17.9 Å². The first kappa shape index (κ1) is 25.7. The van der Waals surface area contributed by atoms with E-state index in [1.807, 2.05) is 0 Å². The molecule has 0 aliphatic heterocycles. The molecular weight excluding hydrogens is 445 g/mol. The second kappa shape index (κ2) is 12.0. The van der Waals surface area contributed by atoms with E-state index in [1.165, 1.54) is 88.3 Å². The van der Waals surface area contributed by atoms with E-state index in [2.05, 4.69) is 47.8 Å². The third-order valence-electron chi connectivity index (χ3n) is 8.01. The van der Waals surface area contributed by atoms with Crippen molar-refractivity contribution in [3.05, 3.63) is 65.2 Å². The molecule has 1 nitrogen and oxygen atoms in total. The summed E-state index contributed by atoms with van der Waals surface area (Å²) in [6.45, 7) is 2.29. The van der Waals surface area contributed by atoms with Crippen LogP contribution in [0, 0.1) is 29.6 Å². The average molecular weight is 483 g/mol. The largest absolute Gasteiger partial charge is 0.573 e. The summed E-state index contributed by atoms with van der Waals surface area (Å²) in [5.41, 5.74) is 2.99. The van der Waals surface area contributed by atoms with Crippen LogP contribution in [0.3, 0.4) is 0 Å². The lowest BCUT2D eigenvalue weighted by Crippen LogP contribution is -2.30. The van der Waals surface area contributed by atoms with Crippen LogP contribution in [0.5, 0.6) is 5.75 Å². The van der Waals surface area contributed by atoms with Crippen LogP contribution < -0.4 is 4.74 Å². The minimum atomic E-state index is -4.68. The fraction of sp³-hybridized carbons (Fsp3) is 0.548.